The predicted molar refractivity (Wildman–Crippen MR) is 75.4 cm³/mol. The number of hydrogen-bond donors (Lipinski definition) is 1. The van der Waals surface area contributed by atoms with E-state index in [-0.39, 0.29) is 11.9 Å². The summed E-state index contributed by atoms with van der Waals surface area (Å²) in [5, 5.41) is 7.14. The third-order valence-corrected chi connectivity index (χ3v) is 3.00. The second-order valence-corrected chi connectivity index (χ2v) is 4.66. The van der Waals surface area contributed by atoms with Crippen molar-refractivity contribution in [2.24, 2.45) is 0 Å². The van der Waals surface area contributed by atoms with Crippen LogP contribution in [0.2, 0.25) is 0 Å². The molecule has 1 aromatic heterocycles. The second-order valence-electron chi connectivity index (χ2n) is 4.66. The molecule has 4 heteroatoms. The molecular formula is C15H19N3O. The Balaban J connectivity index is 2.04. The van der Waals surface area contributed by atoms with Gasteiger partial charge in [0.25, 0.3) is 5.91 Å². The van der Waals surface area contributed by atoms with Crippen LogP contribution < -0.4 is 5.32 Å². The van der Waals surface area contributed by atoms with Gasteiger partial charge in [0.05, 0.1) is 5.69 Å². The van der Waals surface area contributed by atoms with Gasteiger partial charge in [0.15, 0.2) is 0 Å². The highest BCUT2D eigenvalue weighted by atomic mass is 16.1. The van der Waals surface area contributed by atoms with E-state index in [1.807, 2.05) is 43.5 Å². The number of rotatable bonds is 5. The van der Waals surface area contributed by atoms with Crippen LogP contribution in [-0.2, 0) is 0 Å². The van der Waals surface area contributed by atoms with E-state index in [1.165, 1.54) is 0 Å². The predicted octanol–water partition coefficient (Wildman–Crippen LogP) is 2.79. The van der Waals surface area contributed by atoms with Crippen LogP contribution in [0.4, 0.5) is 0 Å². The number of amides is 1. The van der Waals surface area contributed by atoms with Gasteiger partial charge in [0, 0.05) is 24.0 Å². The van der Waals surface area contributed by atoms with Gasteiger partial charge in [-0.25, -0.2) is 4.68 Å². The first-order valence-electron chi connectivity index (χ1n) is 6.61. The number of nitrogens with one attached hydrogen (secondary N) is 1. The molecule has 0 bridgehead atoms. The highest BCUT2D eigenvalue weighted by Gasteiger charge is 2.09. The Morgan fingerprint density at radius 2 is 2.11 bits per heavy atom. The molecule has 1 amide bonds. The maximum absolute atomic E-state index is 12.0. The van der Waals surface area contributed by atoms with Gasteiger partial charge >= 0.3 is 0 Å². The van der Waals surface area contributed by atoms with Gasteiger partial charge in [-0.3, -0.25) is 4.79 Å². The van der Waals surface area contributed by atoms with E-state index in [1.54, 1.807) is 10.9 Å². The summed E-state index contributed by atoms with van der Waals surface area (Å²) >= 11 is 0. The van der Waals surface area contributed by atoms with Crippen LogP contribution in [0.5, 0.6) is 0 Å². The smallest absolute Gasteiger partial charge is 0.251 e. The minimum atomic E-state index is -0.0204. The fourth-order valence-electron chi connectivity index (χ4n) is 2.00. The number of hydrogen-bond acceptors (Lipinski definition) is 2. The molecule has 4 nitrogen and oxygen atoms in total. The third-order valence-electron chi connectivity index (χ3n) is 3.00. The maximum Gasteiger partial charge on any atom is 0.251 e. The van der Waals surface area contributed by atoms with Gasteiger partial charge < -0.3 is 5.32 Å². The monoisotopic (exact) mass is 257 g/mol. The molecule has 0 aliphatic rings. The lowest BCUT2D eigenvalue weighted by atomic mass is 10.1. The highest BCUT2D eigenvalue weighted by molar-refractivity contribution is 5.94. The summed E-state index contributed by atoms with van der Waals surface area (Å²) in [4.78, 5) is 12.0. The molecule has 1 heterocycles. The first-order chi connectivity index (χ1) is 9.20. The van der Waals surface area contributed by atoms with Crippen LogP contribution in [0.1, 0.15) is 37.0 Å². The van der Waals surface area contributed by atoms with E-state index < -0.39 is 0 Å². The zero-order chi connectivity index (χ0) is 13.7. The number of carbonyl (C=O) groups excluding carboxylic acids is 1. The molecule has 1 unspecified atom stereocenters. The Kier molecular flexibility index (Phi) is 4.34. The molecule has 1 aromatic carbocycles. The quantitative estimate of drug-likeness (QED) is 0.895. The van der Waals surface area contributed by atoms with E-state index in [2.05, 4.69) is 17.3 Å². The summed E-state index contributed by atoms with van der Waals surface area (Å²) in [6.07, 6.45) is 5.67. The van der Waals surface area contributed by atoms with Crippen molar-refractivity contribution in [2.45, 2.75) is 32.7 Å². The van der Waals surface area contributed by atoms with Gasteiger partial charge in [0.1, 0.15) is 0 Å². The van der Waals surface area contributed by atoms with Crippen LogP contribution in [0.25, 0.3) is 5.69 Å². The van der Waals surface area contributed by atoms with E-state index in [4.69, 9.17) is 0 Å². The van der Waals surface area contributed by atoms with Crippen LogP contribution in [0.15, 0.2) is 42.7 Å². The topological polar surface area (TPSA) is 46.9 Å². The molecule has 19 heavy (non-hydrogen) atoms. The number of aromatic nitrogens is 2. The molecule has 0 radical (unpaired) electrons. The minimum Gasteiger partial charge on any atom is -0.350 e. The third kappa shape index (κ3) is 3.44. The van der Waals surface area contributed by atoms with Crippen LogP contribution >= 0.6 is 0 Å². The normalized spacial score (nSPS) is 12.1. The summed E-state index contributed by atoms with van der Waals surface area (Å²) in [5.41, 5.74) is 1.63. The lowest BCUT2D eigenvalue weighted by Crippen LogP contribution is -2.32. The van der Waals surface area contributed by atoms with Gasteiger partial charge in [-0.15, -0.1) is 0 Å². The number of carbonyl (C=O) groups is 1. The van der Waals surface area contributed by atoms with Gasteiger partial charge in [-0.05, 0) is 43.7 Å². The molecule has 1 N–H and O–H groups in total. The number of nitrogens with zero attached hydrogens (tertiary/aromatic N) is 2. The SMILES string of the molecule is CCCC(C)NC(=O)c1ccc(-n2cccn2)cc1. The molecule has 0 saturated carbocycles. The van der Waals surface area contributed by atoms with Gasteiger partial charge in [-0.1, -0.05) is 13.3 Å². The number of benzene rings is 1. The Hall–Kier alpha value is -2.10. The lowest BCUT2D eigenvalue weighted by Gasteiger charge is -2.12. The molecule has 100 valence electrons. The highest BCUT2D eigenvalue weighted by Crippen LogP contribution is 2.09. The minimum absolute atomic E-state index is 0.0204. The Bertz CT molecular complexity index is 517. The maximum atomic E-state index is 12.0. The Labute approximate surface area is 113 Å². The Morgan fingerprint density at radius 1 is 1.37 bits per heavy atom. The van der Waals surface area contributed by atoms with E-state index in [9.17, 15) is 4.79 Å². The summed E-state index contributed by atoms with van der Waals surface area (Å²) in [7, 11) is 0. The molecule has 0 fully saturated rings. The largest absolute Gasteiger partial charge is 0.350 e. The van der Waals surface area contributed by atoms with Crippen LogP contribution in [0.3, 0.4) is 0 Å². The van der Waals surface area contributed by atoms with Crippen molar-refractivity contribution in [1.29, 1.82) is 0 Å². The first kappa shape index (κ1) is 13.3. The van der Waals surface area contributed by atoms with Crippen LogP contribution in [0, 0.1) is 0 Å². The first-order valence-corrected chi connectivity index (χ1v) is 6.61. The average molecular weight is 257 g/mol. The average Bonchev–Trinajstić information content (AvgIpc) is 2.93. The van der Waals surface area contributed by atoms with Crippen molar-refractivity contribution in [3.05, 3.63) is 48.3 Å². The fourth-order valence-corrected chi connectivity index (χ4v) is 2.00. The van der Waals surface area contributed by atoms with Crippen molar-refractivity contribution in [3.8, 4) is 5.69 Å². The van der Waals surface area contributed by atoms with Gasteiger partial charge in [0.2, 0.25) is 0 Å². The molecule has 0 aliphatic heterocycles. The van der Waals surface area contributed by atoms with E-state index >= 15 is 0 Å². The zero-order valence-electron chi connectivity index (χ0n) is 11.3. The van der Waals surface area contributed by atoms with Crippen LogP contribution in [-0.4, -0.2) is 21.7 Å². The lowest BCUT2D eigenvalue weighted by molar-refractivity contribution is 0.0938. The molecule has 0 spiro atoms. The summed E-state index contributed by atoms with van der Waals surface area (Å²) in [6, 6.07) is 9.52. The molecule has 2 rings (SSSR count). The van der Waals surface area contributed by atoms with Gasteiger partial charge in [-0.2, -0.15) is 5.10 Å². The molecule has 1 atom stereocenters. The van der Waals surface area contributed by atoms with Crippen molar-refractivity contribution in [1.82, 2.24) is 15.1 Å². The van der Waals surface area contributed by atoms with E-state index in [0.717, 1.165) is 18.5 Å². The van der Waals surface area contributed by atoms with E-state index in [0.29, 0.717) is 5.56 Å². The van der Waals surface area contributed by atoms with Crippen molar-refractivity contribution < 1.29 is 4.79 Å². The molecule has 0 saturated heterocycles. The van der Waals surface area contributed by atoms with Crippen molar-refractivity contribution >= 4 is 5.91 Å². The molecular weight excluding hydrogens is 238 g/mol. The molecule has 2 aromatic rings. The van der Waals surface area contributed by atoms with Crippen molar-refractivity contribution in [2.75, 3.05) is 0 Å². The summed E-state index contributed by atoms with van der Waals surface area (Å²) in [6.45, 7) is 4.14. The fraction of sp³-hybridized carbons (Fsp3) is 0.333. The second kappa shape index (κ2) is 6.18. The Morgan fingerprint density at radius 3 is 2.68 bits per heavy atom. The molecule has 0 aliphatic carbocycles. The zero-order valence-corrected chi connectivity index (χ0v) is 11.3. The standard InChI is InChI=1S/C15H19N3O/c1-3-5-12(2)17-15(19)13-6-8-14(9-7-13)18-11-4-10-16-18/h4,6-12H,3,5H2,1-2H3,(H,17,19). The summed E-state index contributed by atoms with van der Waals surface area (Å²) in [5.74, 6) is -0.0204. The van der Waals surface area contributed by atoms with Crippen molar-refractivity contribution in [3.63, 3.8) is 0 Å². The summed E-state index contributed by atoms with van der Waals surface area (Å²) < 4.78 is 1.77.